The molecular weight excluding hydrogens is 427 g/mol. The second-order valence-corrected chi connectivity index (χ2v) is 7.42. The Hall–Kier alpha value is -4.11. The fourth-order valence-corrected chi connectivity index (χ4v) is 3.59. The number of aromatic nitrogens is 5. The molecule has 0 spiro atoms. The summed E-state index contributed by atoms with van der Waals surface area (Å²) in [4.78, 5) is 26.2. The van der Waals surface area contributed by atoms with Crippen LogP contribution in [0.2, 0.25) is 0 Å². The Balaban J connectivity index is 1.56. The summed E-state index contributed by atoms with van der Waals surface area (Å²) in [5, 5.41) is 8.11. The number of rotatable bonds is 4. The van der Waals surface area contributed by atoms with Gasteiger partial charge in [-0.15, -0.1) is 0 Å². The van der Waals surface area contributed by atoms with Crippen LogP contribution in [0.25, 0.3) is 27.9 Å². The van der Waals surface area contributed by atoms with E-state index in [1.807, 2.05) is 12.1 Å². The van der Waals surface area contributed by atoms with Gasteiger partial charge >= 0.3 is 0 Å². The summed E-state index contributed by atoms with van der Waals surface area (Å²) in [6.07, 6.45) is 4.63. The first-order chi connectivity index (χ1) is 15.5. The van der Waals surface area contributed by atoms with Gasteiger partial charge in [-0.25, -0.2) is 14.4 Å². The van der Waals surface area contributed by atoms with Gasteiger partial charge in [-0.2, -0.15) is 9.61 Å². The van der Waals surface area contributed by atoms with Crippen molar-refractivity contribution < 1.29 is 9.18 Å². The molecule has 5 rings (SSSR count). The number of hydrogen-bond acceptors (Lipinski definition) is 6. The Kier molecular flexibility index (Phi) is 4.87. The van der Waals surface area contributed by atoms with Crippen molar-refractivity contribution in [3.05, 3.63) is 89.8 Å². The van der Waals surface area contributed by atoms with Gasteiger partial charge < -0.3 is 5.32 Å². The van der Waals surface area contributed by atoms with E-state index in [0.29, 0.717) is 27.4 Å². The minimum atomic E-state index is -0.476. The third kappa shape index (κ3) is 3.38. The van der Waals surface area contributed by atoms with Crippen molar-refractivity contribution in [2.75, 3.05) is 7.05 Å². The van der Waals surface area contributed by atoms with E-state index in [4.69, 9.17) is 12.2 Å². The molecule has 2 aromatic carbocycles. The van der Waals surface area contributed by atoms with Crippen molar-refractivity contribution in [1.82, 2.24) is 29.9 Å². The standard InChI is InChI=1S/C23H15FN6OS/c1-25-22(32)16-6-4-14(10-17(16)24)19-11-27-23-28-12-20(30(23)29-19)21(31)15-5-7-18-13(9-15)3-2-8-26-18/h2-12H,1H3,(H,25,32). The first-order valence-electron chi connectivity index (χ1n) is 9.67. The molecule has 0 bridgehead atoms. The van der Waals surface area contributed by atoms with E-state index < -0.39 is 5.82 Å². The molecule has 0 saturated heterocycles. The van der Waals surface area contributed by atoms with Crippen molar-refractivity contribution in [2.24, 2.45) is 0 Å². The van der Waals surface area contributed by atoms with Crippen LogP contribution in [-0.4, -0.2) is 42.4 Å². The van der Waals surface area contributed by atoms with Crippen molar-refractivity contribution in [1.29, 1.82) is 0 Å². The quantitative estimate of drug-likeness (QED) is 0.336. The van der Waals surface area contributed by atoms with E-state index in [9.17, 15) is 9.18 Å². The van der Waals surface area contributed by atoms with Gasteiger partial charge in [-0.05, 0) is 36.4 Å². The lowest BCUT2D eigenvalue weighted by Gasteiger charge is -2.07. The van der Waals surface area contributed by atoms with Crippen molar-refractivity contribution in [2.45, 2.75) is 0 Å². The molecule has 5 aromatic rings. The maximum absolute atomic E-state index is 14.5. The highest BCUT2D eigenvalue weighted by atomic mass is 32.1. The Labute approximate surface area is 187 Å². The fourth-order valence-electron chi connectivity index (χ4n) is 3.42. The molecule has 156 valence electrons. The van der Waals surface area contributed by atoms with Crippen LogP contribution in [0, 0.1) is 5.82 Å². The van der Waals surface area contributed by atoms with Crippen molar-refractivity contribution in [3.8, 4) is 11.3 Å². The number of carbonyl (C=O) groups is 1. The average molecular weight is 442 g/mol. The molecule has 0 saturated carbocycles. The molecule has 3 aromatic heterocycles. The Morgan fingerprint density at radius 1 is 1.06 bits per heavy atom. The highest BCUT2D eigenvalue weighted by molar-refractivity contribution is 7.80. The summed E-state index contributed by atoms with van der Waals surface area (Å²) in [6.45, 7) is 0. The van der Waals surface area contributed by atoms with Gasteiger partial charge in [0.1, 0.15) is 22.2 Å². The smallest absolute Gasteiger partial charge is 0.251 e. The van der Waals surface area contributed by atoms with Gasteiger partial charge in [-0.1, -0.05) is 24.4 Å². The second kappa shape index (κ2) is 7.86. The SMILES string of the molecule is CNC(=S)c1ccc(-c2cnc3ncc(C(=O)c4ccc5ncccc5c4)n3n2)cc1F. The number of benzene rings is 2. The normalized spacial score (nSPS) is 11.1. The van der Waals surface area contributed by atoms with Crippen LogP contribution < -0.4 is 5.32 Å². The number of fused-ring (bicyclic) bond motifs is 2. The van der Waals surface area contributed by atoms with E-state index >= 15 is 0 Å². The number of imidazole rings is 1. The van der Waals surface area contributed by atoms with E-state index in [1.165, 1.54) is 23.0 Å². The van der Waals surface area contributed by atoms with Crippen LogP contribution in [0.5, 0.6) is 0 Å². The predicted molar refractivity (Wildman–Crippen MR) is 122 cm³/mol. The summed E-state index contributed by atoms with van der Waals surface area (Å²) in [5.41, 5.74) is 2.73. The molecule has 1 N–H and O–H groups in total. The number of thiocarbonyl (C=S) groups is 1. The molecule has 9 heteroatoms. The number of halogens is 1. The van der Waals surface area contributed by atoms with Crippen LogP contribution >= 0.6 is 12.2 Å². The topological polar surface area (TPSA) is 85.1 Å². The number of ketones is 1. The molecule has 7 nitrogen and oxygen atoms in total. The molecular formula is C23H15FN6OS. The van der Waals surface area contributed by atoms with E-state index in [-0.39, 0.29) is 17.3 Å². The molecule has 0 radical (unpaired) electrons. The Morgan fingerprint density at radius 3 is 2.72 bits per heavy atom. The average Bonchev–Trinajstić information content (AvgIpc) is 3.26. The number of pyridine rings is 1. The van der Waals surface area contributed by atoms with Crippen LogP contribution in [0.4, 0.5) is 4.39 Å². The summed E-state index contributed by atoms with van der Waals surface area (Å²) < 4.78 is 15.9. The second-order valence-electron chi connectivity index (χ2n) is 7.01. The Morgan fingerprint density at radius 2 is 1.91 bits per heavy atom. The number of nitrogens with zero attached hydrogens (tertiary/aromatic N) is 5. The monoisotopic (exact) mass is 442 g/mol. The van der Waals surface area contributed by atoms with E-state index in [2.05, 4.69) is 25.4 Å². The van der Waals surface area contributed by atoms with Crippen LogP contribution in [0.1, 0.15) is 21.6 Å². The van der Waals surface area contributed by atoms with Gasteiger partial charge in [0.25, 0.3) is 5.78 Å². The molecule has 0 aliphatic carbocycles. The first kappa shape index (κ1) is 19.8. The minimum absolute atomic E-state index is 0.254. The van der Waals surface area contributed by atoms with E-state index in [0.717, 1.165) is 10.9 Å². The zero-order valence-electron chi connectivity index (χ0n) is 16.8. The largest absolute Gasteiger partial charge is 0.379 e. The summed E-state index contributed by atoms with van der Waals surface area (Å²) in [5.74, 6) is -0.459. The molecule has 0 amide bonds. The molecule has 0 atom stereocenters. The lowest BCUT2D eigenvalue weighted by Crippen LogP contribution is -2.17. The van der Waals surface area contributed by atoms with Gasteiger partial charge in [0.15, 0.2) is 0 Å². The zero-order chi connectivity index (χ0) is 22.2. The summed E-state index contributed by atoms with van der Waals surface area (Å²) in [6, 6.07) is 13.6. The lowest BCUT2D eigenvalue weighted by molar-refractivity contribution is 0.103. The van der Waals surface area contributed by atoms with Gasteiger partial charge in [-0.3, -0.25) is 9.78 Å². The van der Waals surface area contributed by atoms with Crippen molar-refractivity contribution in [3.63, 3.8) is 0 Å². The maximum Gasteiger partial charge on any atom is 0.251 e. The first-order valence-corrected chi connectivity index (χ1v) is 10.1. The fraction of sp³-hybridized carbons (Fsp3) is 0.0435. The van der Waals surface area contributed by atoms with E-state index in [1.54, 1.807) is 43.6 Å². The number of nitrogens with one attached hydrogen (secondary N) is 1. The molecule has 0 aliphatic heterocycles. The molecule has 32 heavy (non-hydrogen) atoms. The molecule has 0 aliphatic rings. The highest BCUT2D eigenvalue weighted by Crippen LogP contribution is 2.21. The molecule has 0 unspecified atom stereocenters. The number of carbonyl (C=O) groups excluding carboxylic acids is 1. The summed E-state index contributed by atoms with van der Waals surface area (Å²) >= 11 is 5.11. The lowest BCUT2D eigenvalue weighted by atomic mass is 10.1. The maximum atomic E-state index is 14.5. The van der Waals surface area contributed by atoms with Crippen molar-refractivity contribution >= 4 is 39.7 Å². The summed E-state index contributed by atoms with van der Waals surface area (Å²) in [7, 11) is 1.64. The number of hydrogen-bond donors (Lipinski definition) is 1. The van der Waals surface area contributed by atoms with Gasteiger partial charge in [0.05, 0.1) is 17.9 Å². The third-order valence-electron chi connectivity index (χ3n) is 5.06. The minimum Gasteiger partial charge on any atom is -0.379 e. The van der Waals surface area contributed by atoms with Gasteiger partial charge in [0.2, 0.25) is 5.78 Å². The van der Waals surface area contributed by atoms with Crippen LogP contribution in [0.3, 0.4) is 0 Å². The Bertz CT molecular complexity index is 1530. The molecule has 0 fully saturated rings. The third-order valence-corrected chi connectivity index (χ3v) is 5.49. The van der Waals surface area contributed by atoms with Crippen LogP contribution in [-0.2, 0) is 0 Å². The predicted octanol–water partition coefficient (Wildman–Crippen LogP) is 3.60. The molecule has 3 heterocycles. The van der Waals surface area contributed by atoms with Crippen LogP contribution in [0.15, 0.2) is 67.1 Å². The zero-order valence-corrected chi connectivity index (χ0v) is 17.6. The van der Waals surface area contributed by atoms with Gasteiger partial charge in [0, 0.05) is 35.3 Å². The highest BCUT2D eigenvalue weighted by Gasteiger charge is 2.18.